The number of fused-ring (bicyclic) bond motifs is 1. The van der Waals surface area contributed by atoms with E-state index in [1.165, 1.54) is 6.26 Å². The van der Waals surface area contributed by atoms with Gasteiger partial charge in [0.05, 0.1) is 18.0 Å². The first-order valence-corrected chi connectivity index (χ1v) is 7.33. The molecule has 0 N–H and O–H groups in total. The van der Waals surface area contributed by atoms with Crippen molar-refractivity contribution in [1.29, 1.82) is 0 Å². The van der Waals surface area contributed by atoms with Crippen molar-refractivity contribution < 1.29 is 8.42 Å². The normalized spacial score (nSPS) is 15.6. The summed E-state index contributed by atoms with van der Waals surface area (Å²) in [4.78, 5) is 0. The van der Waals surface area contributed by atoms with Crippen LogP contribution in [-0.2, 0) is 29.2 Å². The molecule has 1 heterocycles. The van der Waals surface area contributed by atoms with E-state index in [0.29, 0.717) is 11.7 Å². The topological polar surface area (TPSA) is 52.0 Å². The summed E-state index contributed by atoms with van der Waals surface area (Å²) in [6.45, 7) is 0.352. The van der Waals surface area contributed by atoms with E-state index in [9.17, 15) is 8.42 Å². The molecule has 0 amide bonds. The van der Waals surface area contributed by atoms with Crippen LogP contribution in [0.1, 0.15) is 17.7 Å². The summed E-state index contributed by atoms with van der Waals surface area (Å²) in [5.41, 5.74) is 2.14. The maximum atomic E-state index is 11.0. The Hall–Kier alpha value is -0.550. The number of aromatic nitrogens is 2. The summed E-state index contributed by atoms with van der Waals surface area (Å²) in [5.74, 6) is 0.0906. The van der Waals surface area contributed by atoms with Crippen LogP contribution in [0.4, 0.5) is 0 Å². The third-order valence-corrected chi connectivity index (χ3v) is 3.93. The molecule has 6 heteroatoms. The van der Waals surface area contributed by atoms with Crippen LogP contribution in [0.3, 0.4) is 0 Å². The van der Waals surface area contributed by atoms with Crippen molar-refractivity contribution in [3.63, 3.8) is 0 Å². The second-order valence-electron chi connectivity index (χ2n) is 3.92. The van der Waals surface area contributed by atoms with Crippen LogP contribution in [0.5, 0.6) is 0 Å². The molecule has 0 spiro atoms. The second kappa shape index (κ2) is 3.79. The monoisotopic (exact) mass is 248 g/mol. The number of sulfone groups is 1. The highest BCUT2D eigenvalue weighted by molar-refractivity contribution is 7.90. The Morgan fingerprint density at radius 3 is 2.80 bits per heavy atom. The van der Waals surface area contributed by atoms with Crippen LogP contribution in [0.15, 0.2) is 0 Å². The highest BCUT2D eigenvalue weighted by atomic mass is 35.5. The average molecular weight is 249 g/mol. The molecule has 0 fully saturated rings. The number of nitrogens with zero attached hydrogens (tertiary/aromatic N) is 2. The molecule has 1 aromatic rings. The van der Waals surface area contributed by atoms with E-state index >= 15 is 0 Å². The zero-order chi connectivity index (χ0) is 11.1. The third kappa shape index (κ3) is 2.34. The van der Waals surface area contributed by atoms with Crippen LogP contribution in [0.2, 0.25) is 5.15 Å². The first-order valence-electron chi connectivity index (χ1n) is 4.89. The average Bonchev–Trinajstić information content (AvgIpc) is 2.65. The van der Waals surface area contributed by atoms with E-state index in [2.05, 4.69) is 5.10 Å². The van der Waals surface area contributed by atoms with Gasteiger partial charge in [-0.25, -0.2) is 8.42 Å². The smallest absolute Gasteiger partial charge is 0.149 e. The van der Waals surface area contributed by atoms with Crippen molar-refractivity contribution >= 4 is 21.4 Å². The number of rotatable bonds is 3. The van der Waals surface area contributed by atoms with E-state index in [4.69, 9.17) is 11.6 Å². The van der Waals surface area contributed by atoms with Crippen LogP contribution in [-0.4, -0.2) is 30.2 Å². The lowest BCUT2D eigenvalue weighted by atomic mass is 10.3. The molecule has 15 heavy (non-hydrogen) atoms. The maximum Gasteiger partial charge on any atom is 0.149 e. The molecule has 0 atom stereocenters. The Morgan fingerprint density at radius 1 is 1.47 bits per heavy atom. The van der Waals surface area contributed by atoms with Crippen molar-refractivity contribution in [2.75, 3.05) is 12.0 Å². The molecule has 0 radical (unpaired) electrons. The first kappa shape index (κ1) is 11.0. The lowest BCUT2D eigenvalue weighted by molar-refractivity contribution is 0.583. The fourth-order valence-corrected chi connectivity index (χ4v) is 2.64. The highest BCUT2D eigenvalue weighted by Gasteiger charge is 2.21. The number of hydrogen-bond donors (Lipinski definition) is 0. The zero-order valence-corrected chi connectivity index (χ0v) is 10.1. The predicted molar refractivity (Wildman–Crippen MR) is 59.0 cm³/mol. The van der Waals surface area contributed by atoms with Crippen molar-refractivity contribution in [2.45, 2.75) is 25.8 Å². The predicted octanol–water partition coefficient (Wildman–Crippen LogP) is 1.07. The molecule has 0 unspecified atom stereocenters. The van der Waals surface area contributed by atoms with Gasteiger partial charge in [-0.15, -0.1) is 0 Å². The Morgan fingerprint density at radius 2 is 2.20 bits per heavy atom. The minimum absolute atomic E-state index is 0.0906. The largest absolute Gasteiger partial charge is 0.252 e. The number of hydrogen-bond acceptors (Lipinski definition) is 3. The quantitative estimate of drug-likeness (QED) is 0.804. The van der Waals surface area contributed by atoms with Crippen LogP contribution < -0.4 is 0 Å². The molecule has 0 saturated carbocycles. The standard InChI is InChI=1S/C9H13ClN2O2S/c1-15(13,14)6-5-12-9(10)7-3-2-4-8(7)11-12/h2-6H2,1H3. The Balaban J connectivity index is 2.17. The van der Waals surface area contributed by atoms with Gasteiger partial charge < -0.3 is 0 Å². The van der Waals surface area contributed by atoms with Gasteiger partial charge in [0.15, 0.2) is 0 Å². The summed E-state index contributed by atoms with van der Waals surface area (Å²) in [6.07, 6.45) is 4.25. The molecule has 4 nitrogen and oxygen atoms in total. The van der Waals surface area contributed by atoms with Gasteiger partial charge in [-0.1, -0.05) is 11.6 Å². The molecule has 1 aliphatic carbocycles. The summed E-state index contributed by atoms with van der Waals surface area (Å²) >= 11 is 6.10. The zero-order valence-electron chi connectivity index (χ0n) is 8.53. The molecule has 1 aromatic heterocycles. The molecule has 0 saturated heterocycles. The minimum atomic E-state index is -2.95. The van der Waals surface area contributed by atoms with Crippen molar-refractivity contribution in [3.05, 3.63) is 16.4 Å². The second-order valence-corrected chi connectivity index (χ2v) is 6.54. The minimum Gasteiger partial charge on any atom is -0.252 e. The molecular formula is C9H13ClN2O2S. The molecular weight excluding hydrogens is 236 g/mol. The van der Waals surface area contributed by atoms with E-state index in [0.717, 1.165) is 30.5 Å². The lowest BCUT2D eigenvalue weighted by Crippen LogP contribution is -2.12. The van der Waals surface area contributed by atoms with Gasteiger partial charge in [0.2, 0.25) is 0 Å². The molecule has 1 aliphatic rings. The molecule has 2 rings (SSSR count). The summed E-state index contributed by atoms with van der Waals surface area (Å²) < 4.78 is 23.6. The van der Waals surface area contributed by atoms with Crippen molar-refractivity contribution in [3.8, 4) is 0 Å². The third-order valence-electron chi connectivity index (χ3n) is 2.58. The van der Waals surface area contributed by atoms with Crippen LogP contribution in [0.25, 0.3) is 0 Å². The number of aryl methyl sites for hydroxylation is 2. The maximum absolute atomic E-state index is 11.0. The Labute approximate surface area is 94.2 Å². The van der Waals surface area contributed by atoms with E-state index in [1.54, 1.807) is 4.68 Å². The number of halogens is 1. The van der Waals surface area contributed by atoms with Gasteiger partial charge in [-0.3, -0.25) is 4.68 Å². The van der Waals surface area contributed by atoms with E-state index in [-0.39, 0.29) is 5.75 Å². The SMILES string of the molecule is CS(=O)(=O)CCn1nc2c(c1Cl)CCC2. The van der Waals surface area contributed by atoms with Gasteiger partial charge in [0, 0.05) is 11.8 Å². The molecule has 0 aromatic carbocycles. The summed E-state index contributed by atoms with van der Waals surface area (Å²) in [6, 6.07) is 0. The first-order chi connectivity index (χ1) is 6.97. The lowest BCUT2D eigenvalue weighted by Gasteiger charge is -2.02. The van der Waals surface area contributed by atoms with Crippen molar-refractivity contribution in [2.24, 2.45) is 0 Å². The molecule has 0 aliphatic heterocycles. The highest BCUT2D eigenvalue weighted by Crippen LogP contribution is 2.28. The van der Waals surface area contributed by atoms with Gasteiger partial charge in [-0.2, -0.15) is 5.10 Å². The molecule has 0 bridgehead atoms. The van der Waals surface area contributed by atoms with Gasteiger partial charge in [0.25, 0.3) is 0 Å². The van der Waals surface area contributed by atoms with Crippen LogP contribution in [0, 0.1) is 0 Å². The Kier molecular flexibility index (Phi) is 2.77. The van der Waals surface area contributed by atoms with E-state index < -0.39 is 9.84 Å². The molecule has 84 valence electrons. The van der Waals surface area contributed by atoms with E-state index in [1.807, 2.05) is 0 Å². The summed E-state index contributed by atoms with van der Waals surface area (Å²) in [5, 5.41) is 4.93. The fraction of sp³-hybridized carbons (Fsp3) is 0.667. The van der Waals surface area contributed by atoms with Gasteiger partial charge >= 0.3 is 0 Å². The Bertz CT molecular complexity index is 479. The van der Waals surface area contributed by atoms with Gasteiger partial charge in [-0.05, 0) is 19.3 Å². The van der Waals surface area contributed by atoms with Crippen LogP contribution >= 0.6 is 11.6 Å². The summed E-state index contributed by atoms with van der Waals surface area (Å²) in [7, 11) is -2.95. The fourth-order valence-electron chi connectivity index (χ4n) is 1.81. The van der Waals surface area contributed by atoms with Gasteiger partial charge in [0.1, 0.15) is 15.0 Å². The van der Waals surface area contributed by atoms with Crippen molar-refractivity contribution in [1.82, 2.24) is 9.78 Å².